The van der Waals surface area contributed by atoms with Gasteiger partial charge < -0.3 is 4.74 Å². The van der Waals surface area contributed by atoms with Gasteiger partial charge in [-0.1, -0.05) is 29.3 Å². The number of halogens is 2. The summed E-state index contributed by atoms with van der Waals surface area (Å²) in [4.78, 5) is 22.2. The van der Waals surface area contributed by atoms with Crippen LogP contribution >= 0.6 is 23.2 Å². The lowest BCUT2D eigenvalue weighted by Gasteiger charge is -2.28. The van der Waals surface area contributed by atoms with Gasteiger partial charge in [-0.15, -0.1) is 10.2 Å². The second kappa shape index (κ2) is 8.40. The summed E-state index contributed by atoms with van der Waals surface area (Å²) < 4.78 is 7.58. The third kappa shape index (κ3) is 4.07. The third-order valence-electron chi connectivity index (χ3n) is 5.81. The lowest BCUT2D eigenvalue weighted by molar-refractivity contribution is -0.143. The predicted molar refractivity (Wildman–Crippen MR) is 118 cm³/mol. The summed E-state index contributed by atoms with van der Waals surface area (Å²) in [6.45, 7) is 0. The molecule has 1 fully saturated rings. The highest BCUT2D eigenvalue weighted by molar-refractivity contribution is 6.31. The number of carbonyl (C=O) groups is 1. The standard InChI is InChI=1S/C22H19Cl2N5O2/c23-14-3-6-17-19(10-14)26-11-20-28-27-12-29(20)21(17)22(30)31-16-4-1-13(2-5-16)18-9-15(24)7-8-25-18/h3,7-13,16H,1-2,4-6H2. The van der Waals surface area contributed by atoms with Gasteiger partial charge in [-0.2, -0.15) is 0 Å². The van der Waals surface area contributed by atoms with Crippen LogP contribution in [0.25, 0.3) is 5.70 Å². The first-order valence-corrected chi connectivity index (χ1v) is 10.9. The molecule has 2 aromatic rings. The smallest absolute Gasteiger partial charge is 0.356 e. The minimum Gasteiger partial charge on any atom is -0.458 e. The van der Waals surface area contributed by atoms with E-state index < -0.39 is 5.97 Å². The molecule has 0 aromatic carbocycles. The van der Waals surface area contributed by atoms with Crippen molar-refractivity contribution in [2.75, 3.05) is 0 Å². The number of nitrogens with zero attached hydrogens (tertiary/aromatic N) is 5. The first-order valence-electron chi connectivity index (χ1n) is 10.2. The van der Waals surface area contributed by atoms with E-state index in [2.05, 4.69) is 20.2 Å². The fourth-order valence-electron chi connectivity index (χ4n) is 4.24. The fraction of sp³-hybridized carbons (Fsp3) is 0.318. The molecule has 5 rings (SSSR count). The van der Waals surface area contributed by atoms with E-state index in [9.17, 15) is 4.79 Å². The van der Waals surface area contributed by atoms with Crippen LogP contribution in [0.5, 0.6) is 0 Å². The van der Waals surface area contributed by atoms with E-state index in [4.69, 9.17) is 27.9 Å². The molecule has 0 N–H and O–H groups in total. The van der Waals surface area contributed by atoms with Gasteiger partial charge in [0.1, 0.15) is 18.1 Å². The van der Waals surface area contributed by atoms with Crippen molar-refractivity contribution < 1.29 is 9.53 Å². The van der Waals surface area contributed by atoms with E-state index in [1.165, 1.54) is 6.33 Å². The van der Waals surface area contributed by atoms with Crippen molar-refractivity contribution in [3.63, 3.8) is 0 Å². The average molecular weight is 456 g/mol. The van der Waals surface area contributed by atoms with Crippen LogP contribution in [-0.2, 0) is 9.53 Å². The number of aromatic nitrogens is 4. The quantitative estimate of drug-likeness (QED) is 0.628. The zero-order chi connectivity index (χ0) is 21.4. The summed E-state index contributed by atoms with van der Waals surface area (Å²) in [5.41, 5.74) is 2.78. The number of carbonyl (C=O) groups excluding carboxylic acids is 1. The second-order valence-corrected chi connectivity index (χ2v) is 8.62. The molecule has 0 radical (unpaired) electrons. The molecule has 3 heterocycles. The Morgan fingerprint density at radius 3 is 2.84 bits per heavy atom. The van der Waals surface area contributed by atoms with Crippen molar-refractivity contribution in [3.8, 4) is 0 Å². The third-order valence-corrected chi connectivity index (χ3v) is 6.31. The molecule has 2 aliphatic carbocycles. The van der Waals surface area contributed by atoms with E-state index in [1.807, 2.05) is 12.1 Å². The van der Waals surface area contributed by atoms with Gasteiger partial charge in [0.15, 0.2) is 5.82 Å². The van der Waals surface area contributed by atoms with E-state index in [0.29, 0.717) is 39.6 Å². The summed E-state index contributed by atoms with van der Waals surface area (Å²) in [7, 11) is 0. The monoisotopic (exact) mass is 455 g/mol. The van der Waals surface area contributed by atoms with Crippen molar-refractivity contribution in [3.05, 3.63) is 69.7 Å². The lowest BCUT2D eigenvalue weighted by atomic mass is 9.85. The Bertz CT molecular complexity index is 1160. The Morgan fingerprint density at radius 1 is 1.19 bits per heavy atom. The number of esters is 1. The van der Waals surface area contributed by atoms with Crippen LogP contribution in [0.1, 0.15) is 49.5 Å². The molecule has 0 atom stereocenters. The van der Waals surface area contributed by atoms with Crippen molar-refractivity contribution in [2.45, 2.75) is 44.1 Å². The fourth-order valence-corrected chi connectivity index (χ4v) is 4.59. The van der Waals surface area contributed by atoms with Gasteiger partial charge in [-0.3, -0.25) is 14.5 Å². The number of fused-ring (bicyclic) bond motifs is 2. The normalized spacial score (nSPS) is 22.8. The maximum atomic E-state index is 13.3. The number of rotatable bonds is 3. The Balaban J connectivity index is 1.34. The van der Waals surface area contributed by atoms with Crippen LogP contribution in [0, 0.1) is 0 Å². The predicted octanol–water partition coefficient (Wildman–Crippen LogP) is 4.65. The highest BCUT2D eigenvalue weighted by atomic mass is 35.5. The van der Waals surface area contributed by atoms with Crippen molar-refractivity contribution >= 4 is 41.1 Å². The number of hydrogen-bond donors (Lipinski definition) is 0. The molecule has 158 valence electrons. The molecular formula is C22H19Cl2N5O2. The van der Waals surface area contributed by atoms with Crippen LogP contribution in [0.2, 0.25) is 5.02 Å². The Labute approximate surface area is 189 Å². The number of allylic oxidation sites excluding steroid dienone is 4. The molecule has 2 aromatic heterocycles. The summed E-state index contributed by atoms with van der Waals surface area (Å²) in [5.74, 6) is 0.399. The molecule has 1 saturated carbocycles. The molecule has 0 spiro atoms. The maximum absolute atomic E-state index is 13.3. The molecular weight excluding hydrogens is 437 g/mol. The molecule has 3 aliphatic rings. The SMILES string of the molecule is O=C(OC1CCC(c2cc(Cl)ccn2)CC1)C1=C2CC=C(Cl)C=C2N=Cc2nncn21. The van der Waals surface area contributed by atoms with Crippen LogP contribution in [-0.4, -0.2) is 38.0 Å². The largest absolute Gasteiger partial charge is 0.458 e. The molecule has 31 heavy (non-hydrogen) atoms. The van der Waals surface area contributed by atoms with Gasteiger partial charge in [0, 0.05) is 33.4 Å². The van der Waals surface area contributed by atoms with Gasteiger partial charge in [0.05, 0.1) is 11.9 Å². The Morgan fingerprint density at radius 2 is 2.03 bits per heavy atom. The van der Waals surface area contributed by atoms with Crippen LogP contribution in [0.15, 0.2) is 58.1 Å². The number of pyridine rings is 1. The summed E-state index contributed by atoms with van der Waals surface area (Å²) >= 11 is 12.3. The van der Waals surface area contributed by atoms with Gasteiger partial charge >= 0.3 is 5.97 Å². The van der Waals surface area contributed by atoms with Crippen LogP contribution < -0.4 is 0 Å². The van der Waals surface area contributed by atoms with Gasteiger partial charge in [0.2, 0.25) is 0 Å². The molecule has 7 nitrogen and oxygen atoms in total. The molecule has 9 heteroatoms. The Hall–Kier alpha value is -2.77. The first kappa shape index (κ1) is 20.2. The number of ether oxygens (including phenoxy) is 1. The number of aliphatic imine (C=N–C) groups is 1. The van der Waals surface area contributed by atoms with E-state index in [0.717, 1.165) is 37.0 Å². The summed E-state index contributed by atoms with van der Waals surface area (Å²) in [6.07, 6.45) is 12.1. The van der Waals surface area contributed by atoms with E-state index in [1.54, 1.807) is 29.1 Å². The summed E-state index contributed by atoms with van der Waals surface area (Å²) in [5, 5.41) is 9.26. The zero-order valence-electron chi connectivity index (χ0n) is 16.5. The van der Waals surface area contributed by atoms with Crippen LogP contribution in [0.3, 0.4) is 0 Å². The van der Waals surface area contributed by atoms with Crippen molar-refractivity contribution in [1.82, 2.24) is 19.7 Å². The maximum Gasteiger partial charge on any atom is 0.356 e. The van der Waals surface area contributed by atoms with E-state index >= 15 is 0 Å². The molecule has 0 bridgehead atoms. The van der Waals surface area contributed by atoms with Gasteiger partial charge in [0.25, 0.3) is 0 Å². The topological polar surface area (TPSA) is 82.3 Å². The highest BCUT2D eigenvalue weighted by Gasteiger charge is 2.31. The average Bonchev–Trinajstić information content (AvgIpc) is 3.16. The molecule has 0 saturated heterocycles. The molecule has 0 amide bonds. The summed E-state index contributed by atoms with van der Waals surface area (Å²) in [6, 6.07) is 3.69. The zero-order valence-corrected chi connectivity index (χ0v) is 18.1. The van der Waals surface area contributed by atoms with Gasteiger partial charge in [-0.25, -0.2) is 4.79 Å². The molecule has 0 unspecified atom stereocenters. The number of hydrogen-bond acceptors (Lipinski definition) is 6. The van der Waals surface area contributed by atoms with Crippen molar-refractivity contribution in [1.29, 1.82) is 0 Å². The second-order valence-electron chi connectivity index (χ2n) is 7.75. The Kier molecular flexibility index (Phi) is 5.46. The highest BCUT2D eigenvalue weighted by Crippen LogP contribution is 2.36. The first-order chi connectivity index (χ1) is 15.1. The lowest BCUT2D eigenvalue weighted by Crippen LogP contribution is -2.26. The minimum atomic E-state index is -0.400. The minimum absolute atomic E-state index is 0.157. The van der Waals surface area contributed by atoms with Crippen LogP contribution in [0.4, 0.5) is 0 Å². The molecule has 1 aliphatic heterocycles. The van der Waals surface area contributed by atoms with Crippen molar-refractivity contribution in [2.24, 2.45) is 4.99 Å². The van der Waals surface area contributed by atoms with E-state index in [-0.39, 0.29) is 6.10 Å². The van der Waals surface area contributed by atoms with Gasteiger partial charge in [-0.05, 0) is 50.3 Å².